The summed E-state index contributed by atoms with van der Waals surface area (Å²) in [6.45, 7) is 6.93. The van der Waals surface area contributed by atoms with E-state index >= 15 is 0 Å². The van der Waals surface area contributed by atoms with Crippen LogP contribution in [0.1, 0.15) is 18.4 Å². The first-order valence-electron chi connectivity index (χ1n) is 9.73. The first-order chi connectivity index (χ1) is 12.6. The van der Waals surface area contributed by atoms with Gasteiger partial charge in [0.25, 0.3) is 0 Å². The Hall–Kier alpha value is -1.34. The predicted octanol–water partition coefficient (Wildman–Crippen LogP) is 1.18. The van der Waals surface area contributed by atoms with Crippen molar-refractivity contribution in [3.63, 3.8) is 0 Å². The predicted molar refractivity (Wildman–Crippen MR) is 103 cm³/mol. The second-order valence-corrected chi connectivity index (χ2v) is 7.62. The van der Waals surface area contributed by atoms with E-state index in [4.69, 9.17) is 9.47 Å². The number of rotatable bonds is 10. The molecule has 146 valence electrons. The molecule has 1 atom stereocenters. The summed E-state index contributed by atoms with van der Waals surface area (Å²) in [6.07, 6.45) is 2.20. The summed E-state index contributed by atoms with van der Waals surface area (Å²) in [6, 6.07) is 5.92. The van der Waals surface area contributed by atoms with Crippen LogP contribution >= 0.6 is 0 Å². The third kappa shape index (κ3) is 6.13. The van der Waals surface area contributed by atoms with Crippen molar-refractivity contribution in [1.29, 1.82) is 0 Å². The van der Waals surface area contributed by atoms with E-state index in [1.165, 1.54) is 12.8 Å². The molecule has 0 aromatic heterocycles. The van der Waals surface area contributed by atoms with Gasteiger partial charge in [0.15, 0.2) is 0 Å². The van der Waals surface area contributed by atoms with Crippen LogP contribution in [0.25, 0.3) is 0 Å². The summed E-state index contributed by atoms with van der Waals surface area (Å²) < 4.78 is 11.3. The Kier molecular flexibility index (Phi) is 7.14. The summed E-state index contributed by atoms with van der Waals surface area (Å²) in [7, 11) is 3.80. The zero-order valence-electron chi connectivity index (χ0n) is 16.1. The molecule has 6 heteroatoms. The topological polar surface area (TPSA) is 57.2 Å². The van der Waals surface area contributed by atoms with Crippen molar-refractivity contribution in [2.24, 2.45) is 5.92 Å². The summed E-state index contributed by atoms with van der Waals surface area (Å²) in [5.41, 5.74) is 1.11. The van der Waals surface area contributed by atoms with Crippen molar-refractivity contribution < 1.29 is 14.6 Å². The Labute approximate surface area is 157 Å². The molecular weight excluding hydrogens is 330 g/mol. The number of ether oxygens (including phenoxy) is 2. The average Bonchev–Trinajstić information content (AvgIpc) is 3.47. The number of nitrogens with one attached hydrogen (secondary N) is 1. The molecule has 1 saturated carbocycles. The molecule has 0 unspecified atom stereocenters. The number of likely N-dealkylation sites (N-methyl/N-ethyl adjacent to an activating group) is 1. The van der Waals surface area contributed by atoms with Gasteiger partial charge in [-0.1, -0.05) is 6.07 Å². The highest BCUT2D eigenvalue weighted by atomic mass is 16.5. The maximum absolute atomic E-state index is 10.4. The number of aliphatic hydroxyl groups excluding tert-OH is 1. The zero-order valence-corrected chi connectivity index (χ0v) is 16.1. The Bertz CT molecular complexity index is 557. The standard InChI is InChI=1S/C20H33N3O3/c1-22-7-9-23(10-8-22)14-18(24)15-26-20-11-19(25-2)6-5-17(20)13-21-12-16-3-4-16/h5-6,11,16,18,21,24H,3-4,7-10,12-15H2,1-2H3/t18-/m0/s1. The Morgan fingerprint density at radius 2 is 2.00 bits per heavy atom. The average molecular weight is 364 g/mol. The second-order valence-electron chi connectivity index (χ2n) is 7.62. The lowest BCUT2D eigenvalue weighted by atomic mass is 10.2. The van der Waals surface area contributed by atoms with Gasteiger partial charge < -0.3 is 24.8 Å². The number of nitrogens with zero attached hydrogens (tertiary/aromatic N) is 2. The fourth-order valence-electron chi connectivity index (χ4n) is 3.24. The molecule has 26 heavy (non-hydrogen) atoms. The summed E-state index contributed by atoms with van der Waals surface area (Å²) in [4.78, 5) is 4.62. The number of hydrogen-bond donors (Lipinski definition) is 2. The molecule has 0 radical (unpaired) electrons. The van der Waals surface area contributed by atoms with E-state index in [0.717, 1.165) is 62.2 Å². The van der Waals surface area contributed by atoms with Gasteiger partial charge in [0.2, 0.25) is 0 Å². The maximum atomic E-state index is 10.4. The van der Waals surface area contributed by atoms with E-state index in [1.807, 2.05) is 18.2 Å². The monoisotopic (exact) mass is 363 g/mol. The highest BCUT2D eigenvalue weighted by molar-refractivity contribution is 5.40. The molecule has 3 rings (SSSR count). The zero-order chi connectivity index (χ0) is 18.4. The lowest BCUT2D eigenvalue weighted by molar-refractivity contribution is 0.0501. The highest BCUT2D eigenvalue weighted by Gasteiger charge is 2.21. The molecular formula is C20H33N3O3. The molecule has 1 aromatic carbocycles. The number of aliphatic hydroxyl groups is 1. The van der Waals surface area contributed by atoms with Crippen LogP contribution in [0.3, 0.4) is 0 Å². The minimum absolute atomic E-state index is 0.301. The molecule has 0 spiro atoms. The first-order valence-corrected chi connectivity index (χ1v) is 9.73. The summed E-state index contributed by atoms with van der Waals surface area (Å²) in [5, 5.41) is 13.9. The van der Waals surface area contributed by atoms with Crippen LogP contribution in [0.4, 0.5) is 0 Å². The van der Waals surface area contributed by atoms with Crippen molar-refractivity contribution in [1.82, 2.24) is 15.1 Å². The van der Waals surface area contributed by atoms with E-state index in [-0.39, 0.29) is 0 Å². The minimum atomic E-state index is -0.489. The molecule has 0 amide bonds. The first kappa shape index (κ1) is 19.4. The maximum Gasteiger partial charge on any atom is 0.127 e. The van der Waals surface area contributed by atoms with Crippen LogP contribution in [0.2, 0.25) is 0 Å². The largest absolute Gasteiger partial charge is 0.497 e. The van der Waals surface area contributed by atoms with Gasteiger partial charge in [0.05, 0.1) is 7.11 Å². The molecule has 1 saturated heterocycles. The van der Waals surface area contributed by atoms with Crippen LogP contribution in [-0.2, 0) is 6.54 Å². The molecule has 2 aliphatic rings. The fourth-order valence-corrected chi connectivity index (χ4v) is 3.24. The molecule has 1 aliphatic carbocycles. The normalized spacial score (nSPS) is 20.1. The van der Waals surface area contributed by atoms with Crippen LogP contribution in [0, 0.1) is 5.92 Å². The van der Waals surface area contributed by atoms with Gasteiger partial charge in [-0.2, -0.15) is 0 Å². The molecule has 1 aromatic rings. The Morgan fingerprint density at radius 3 is 2.69 bits per heavy atom. The van der Waals surface area contributed by atoms with Crippen molar-refractivity contribution in [2.75, 3.05) is 60.0 Å². The minimum Gasteiger partial charge on any atom is -0.497 e. The number of methoxy groups -OCH3 is 1. The van der Waals surface area contributed by atoms with E-state index in [1.54, 1.807) is 7.11 Å². The molecule has 1 aliphatic heterocycles. The molecule has 2 N–H and O–H groups in total. The van der Waals surface area contributed by atoms with Crippen LogP contribution in [0.5, 0.6) is 11.5 Å². The van der Waals surface area contributed by atoms with Gasteiger partial charge in [-0.25, -0.2) is 0 Å². The van der Waals surface area contributed by atoms with Crippen LogP contribution < -0.4 is 14.8 Å². The van der Waals surface area contributed by atoms with Gasteiger partial charge in [-0.3, -0.25) is 4.90 Å². The molecule has 2 fully saturated rings. The van der Waals surface area contributed by atoms with Gasteiger partial charge in [-0.05, 0) is 38.4 Å². The SMILES string of the molecule is COc1ccc(CNCC2CC2)c(OC[C@@H](O)CN2CCN(C)CC2)c1. The summed E-state index contributed by atoms with van der Waals surface area (Å²) >= 11 is 0. The lowest BCUT2D eigenvalue weighted by Crippen LogP contribution is -2.47. The fraction of sp³-hybridized carbons (Fsp3) is 0.700. The van der Waals surface area contributed by atoms with Crippen LogP contribution in [-0.4, -0.2) is 81.0 Å². The van der Waals surface area contributed by atoms with Gasteiger partial charge >= 0.3 is 0 Å². The van der Waals surface area contributed by atoms with Crippen molar-refractivity contribution in [3.05, 3.63) is 23.8 Å². The third-order valence-corrected chi connectivity index (χ3v) is 5.22. The van der Waals surface area contributed by atoms with E-state index in [0.29, 0.717) is 13.2 Å². The smallest absolute Gasteiger partial charge is 0.127 e. The quantitative estimate of drug-likeness (QED) is 0.651. The number of piperazine rings is 1. The van der Waals surface area contributed by atoms with Crippen molar-refractivity contribution in [3.8, 4) is 11.5 Å². The lowest BCUT2D eigenvalue weighted by Gasteiger charge is -2.33. The van der Waals surface area contributed by atoms with E-state index < -0.39 is 6.10 Å². The molecule has 1 heterocycles. The second kappa shape index (κ2) is 9.55. The van der Waals surface area contributed by atoms with Gasteiger partial charge in [-0.15, -0.1) is 0 Å². The third-order valence-electron chi connectivity index (χ3n) is 5.22. The highest BCUT2D eigenvalue weighted by Crippen LogP contribution is 2.28. The van der Waals surface area contributed by atoms with Gasteiger partial charge in [0.1, 0.15) is 24.2 Å². The van der Waals surface area contributed by atoms with Crippen molar-refractivity contribution >= 4 is 0 Å². The summed E-state index contributed by atoms with van der Waals surface area (Å²) in [5.74, 6) is 2.42. The molecule has 6 nitrogen and oxygen atoms in total. The van der Waals surface area contributed by atoms with E-state index in [2.05, 4.69) is 22.2 Å². The molecule has 0 bridgehead atoms. The Balaban J connectivity index is 1.49. The van der Waals surface area contributed by atoms with Gasteiger partial charge in [0, 0.05) is 50.9 Å². The van der Waals surface area contributed by atoms with Crippen LogP contribution in [0.15, 0.2) is 18.2 Å². The number of β-amino-alcohol motifs (C(OH)–C–C–N with tert-alkyl or cyclic N) is 1. The number of hydrogen-bond acceptors (Lipinski definition) is 6. The van der Waals surface area contributed by atoms with E-state index in [9.17, 15) is 5.11 Å². The van der Waals surface area contributed by atoms with Crippen molar-refractivity contribution in [2.45, 2.75) is 25.5 Å². The number of benzene rings is 1. The Morgan fingerprint density at radius 1 is 1.23 bits per heavy atom.